The van der Waals surface area contributed by atoms with Crippen molar-refractivity contribution in [1.29, 1.82) is 0 Å². The SMILES string of the molecule is CCOCCCNC(=O)C1CCN(C(C)c2ccc(F)cc2F)CC1. The molecule has 1 aromatic carbocycles. The molecule has 1 aliphatic heterocycles. The number of rotatable bonds is 8. The standard InChI is InChI=1S/C19H28F2N2O2/c1-3-25-12-4-9-22-19(24)15-7-10-23(11-8-15)14(2)17-6-5-16(20)13-18(17)21/h5-6,13-15H,3-4,7-12H2,1-2H3,(H,22,24). The largest absolute Gasteiger partial charge is 0.382 e. The number of ether oxygens (including phenoxy) is 1. The number of carbonyl (C=O) groups is 1. The molecule has 6 heteroatoms. The monoisotopic (exact) mass is 354 g/mol. The zero-order valence-corrected chi connectivity index (χ0v) is 15.1. The Morgan fingerprint density at radius 1 is 1.36 bits per heavy atom. The molecule has 1 fully saturated rings. The van der Waals surface area contributed by atoms with Crippen LogP contribution >= 0.6 is 0 Å². The number of benzene rings is 1. The predicted molar refractivity (Wildman–Crippen MR) is 93.2 cm³/mol. The molecule has 1 aliphatic rings. The second-order valence-electron chi connectivity index (χ2n) is 6.49. The van der Waals surface area contributed by atoms with E-state index < -0.39 is 11.6 Å². The molecule has 0 spiro atoms. The third kappa shape index (κ3) is 5.75. The van der Waals surface area contributed by atoms with Crippen LogP contribution in [0.3, 0.4) is 0 Å². The van der Waals surface area contributed by atoms with Gasteiger partial charge in [0.05, 0.1) is 0 Å². The van der Waals surface area contributed by atoms with Crippen LogP contribution in [0.25, 0.3) is 0 Å². The van der Waals surface area contributed by atoms with E-state index in [0.29, 0.717) is 25.3 Å². The van der Waals surface area contributed by atoms with E-state index in [1.54, 1.807) is 0 Å². The molecule has 1 amide bonds. The molecule has 1 unspecified atom stereocenters. The second-order valence-corrected chi connectivity index (χ2v) is 6.49. The Hall–Kier alpha value is -1.53. The molecule has 0 aliphatic carbocycles. The van der Waals surface area contributed by atoms with Gasteiger partial charge in [-0.3, -0.25) is 9.69 Å². The Morgan fingerprint density at radius 3 is 2.72 bits per heavy atom. The smallest absolute Gasteiger partial charge is 0.223 e. The van der Waals surface area contributed by atoms with Crippen LogP contribution in [0.1, 0.15) is 44.7 Å². The number of piperidine rings is 1. The maximum Gasteiger partial charge on any atom is 0.223 e. The van der Waals surface area contributed by atoms with E-state index in [4.69, 9.17) is 4.74 Å². The Morgan fingerprint density at radius 2 is 2.08 bits per heavy atom. The van der Waals surface area contributed by atoms with Gasteiger partial charge in [0.1, 0.15) is 11.6 Å². The summed E-state index contributed by atoms with van der Waals surface area (Å²) in [5.74, 6) is -0.972. The van der Waals surface area contributed by atoms with Crippen LogP contribution < -0.4 is 5.32 Å². The van der Waals surface area contributed by atoms with E-state index in [1.807, 2.05) is 13.8 Å². The van der Waals surface area contributed by atoms with Crippen LogP contribution in [0.15, 0.2) is 18.2 Å². The van der Waals surface area contributed by atoms with E-state index in [0.717, 1.165) is 38.4 Å². The molecule has 1 N–H and O–H groups in total. The average Bonchev–Trinajstić information content (AvgIpc) is 2.61. The fraction of sp³-hybridized carbons (Fsp3) is 0.632. The molecule has 1 atom stereocenters. The van der Waals surface area contributed by atoms with E-state index in [-0.39, 0.29) is 17.9 Å². The van der Waals surface area contributed by atoms with Crippen molar-refractivity contribution in [3.63, 3.8) is 0 Å². The zero-order valence-electron chi connectivity index (χ0n) is 15.1. The molecule has 0 radical (unpaired) electrons. The molecule has 2 rings (SSSR count). The minimum Gasteiger partial charge on any atom is -0.382 e. The van der Waals surface area contributed by atoms with Gasteiger partial charge in [0.15, 0.2) is 0 Å². The van der Waals surface area contributed by atoms with Crippen LogP contribution in [-0.4, -0.2) is 43.7 Å². The first kappa shape index (κ1) is 19.8. The molecule has 1 heterocycles. The number of hydrogen-bond donors (Lipinski definition) is 1. The lowest BCUT2D eigenvalue weighted by molar-refractivity contribution is -0.126. The molecule has 0 saturated carbocycles. The predicted octanol–water partition coefficient (Wildman–Crippen LogP) is 3.28. The van der Waals surface area contributed by atoms with Gasteiger partial charge in [-0.05, 0) is 52.3 Å². The van der Waals surface area contributed by atoms with Gasteiger partial charge < -0.3 is 10.1 Å². The van der Waals surface area contributed by atoms with Gasteiger partial charge in [-0.1, -0.05) is 6.07 Å². The zero-order chi connectivity index (χ0) is 18.2. The summed E-state index contributed by atoms with van der Waals surface area (Å²) in [5, 5.41) is 2.96. The number of nitrogens with zero attached hydrogens (tertiary/aromatic N) is 1. The summed E-state index contributed by atoms with van der Waals surface area (Å²) in [7, 11) is 0. The van der Waals surface area contributed by atoms with Crippen molar-refractivity contribution in [3.05, 3.63) is 35.4 Å². The highest BCUT2D eigenvalue weighted by Crippen LogP contribution is 2.28. The summed E-state index contributed by atoms with van der Waals surface area (Å²) >= 11 is 0. The number of nitrogens with one attached hydrogen (secondary N) is 1. The molecule has 4 nitrogen and oxygen atoms in total. The Kier molecular flexibility index (Phi) is 7.78. The summed E-state index contributed by atoms with van der Waals surface area (Å²) in [4.78, 5) is 14.3. The molecular weight excluding hydrogens is 326 g/mol. The topological polar surface area (TPSA) is 41.6 Å². The first-order valence-electron chi connectivity index (χ1n) is 9.07. The summed E-state index contributed by atoms with van der Waals surface area (Å²) in [6, 6.07) is 3.59. The van der Waals surface area contributed by atoms with Crippen LogP contribution in [0.4, 0.5) is 8.78 Å². The van der Waals surface area contributed by atoms with Crippen LogP contribution in [0, 0.1) is 17.6 Å². The second kappa shape index (κ2) is 9.82. The number of halogens is 2. The maximum absolute atomic E-state index is 13.9. The van der Waals surface area contributed by atoms with E-state index >= 15 is 0 Å². The molecule has 140 valence electrons. The maximum atomic E-state index is 13.9. The summed E-state index contributed by atoms with van der Waals surface area (Å²) in [6.07, 6.45) is 2.33. The lowest BCUT2D eigenvalue weighted by Crippen LogP contribution is -2.41. The van der Waals surface area contributed by atoms with Gasteiger partial charge >= 0.3 is 0 Å². The quantitative estimate of drug-likeness (QED) is 0.729. The Balaban J connectivity index is 1.77. The molecular formula is C19H28F2N2O2. The number of amides is 1. The third-order valence-electron chi connectivity index (χ3n) is 4.83. The highest BCUT2D eigenvalue weighted by molar-refractivity contribution is 5.78. The van der Waals surface area contributed by atoms with Gasteiger partial charge in [0.2, 0.25) is 5.91 Å². The van der Waals surface area contributed by atoms with Crippen LogP contribution in [-0.2, 0) is 9.53 Å². The van der Waals surface area contributed by atoms with Crippen molar-refractivity contribution in [2.24, 2.45) is 5.92 Å². The Bertz CT molecular complexity index is 560. The van der Waals surface area contributed by atoms with Gasteiger partial charge in [-0.25, -0.2) is 8.78 Å². The van der Waals surface area contributed by atoms with Crippen molar-refractivity contribution in [3.8, 4) is 0 Å². The molecule has 0 bridgehead atoms. The van der Waals surface area contributed by atoms with Gasteiger partial charge in [-0.15, -0.1) is 0 Å². The van der Waals surface area contributed by atoms with E-state index in [2.05, 4.69) is 10.2 Å². The van der Waals surface area contributed by atoms with Crippen molar-refractivity contribution >= 4 is 5.91 Å². The fourth-order valence-electron chi connectivity index (χ4n) is 3.26. The first-order chi connectivity index (χ1) is 12.0. The van der Waals surface area contributed by atoms with Crippen molar-refractivity contribution in [2.45, 2.75) is 39.2 Å². The van der Waals surface area contributed by atoms with Gasteiger partial charge in [0, 0.05) is 43.3 Å². The van der Waals surface area contributed by atoms with Crippen LogP contribution in [0.5, 0.6) is 0 Å². The first-order valence-corrected chi connectivity index (χ1v) is 9.07. The Labute approximate surface area is 148 Å². The summed E-state index contributed by atoms with van der Waals surface area (Å²) < 4.78 is 32.3. The fourth-order valence-corrected chi connectivity index (χ4v) is 3.26. The average molecular weight is 354 g/mol. The number of hydrogen-bond acceptors (Lipinski definition) is 3. The molecule has 1 saturated heterocycles. The summed E-state index contributed by atoms with van der Waals surface area (Å²) in [5.41, 5.74) is 0.500. The van der Waals surface area contributed by atoms with E-state index in [1.165, 1.54) is 12.1 Å². The van der Waals surface area contributed by atoms with E-state index in [9.17, 15) is 13.6 Å². The summed E-state index contributed by atoms with van der Waals surface area (Å²) in [6.45, 7) is 7.32. The normalized spacial score (nSPS) is 17.4. The number of carbonyl (C=O) groups excluding carboxylic acids is 1. The molecule has 25 heavy (non-hydrogen) atoms. The minimum atomic E-state index is -0.562. The highest BCUT2D eigenvalue weighted by Gasteiger charge is 2.28. The van der Waals surface area contributed by atoms with Crippen LogP contribution in [0.2, 0.25) is 0 Å². The minimum absolute atomic E-state index is 0.00797. The van der Waals surface area contributed by atoms with Crippen molar-refractivity contribution < 1.29 is 18.3 Å². The highest BCUT2D eigenvalue weighted by atomic mass is 19.1. The van der Waals surface area contributed by atoms with Crippen molar-refractivity contribution in [2.75, 3.05) is 32.8 Å². The lowest BCUT2D eigenvalue weighted by atomic mass is 9.93. The van der Waals surface area contributed by atoms with Crippen molar-refractivity contribution in [1.82, 2.24) is 10.2 Å². The van der Waals surface area contributed by atoms with Gasteiger partial charge in [0.25, 0.3) is 0 Å². The third-order valence-corrected chi connectivity index (χ3v) is 4.83. The molecule has 0 aromatic heterocycles. The van der Waals surface area contributed by atoms with Gasteiger partial charge in [-0.2, -0.15) is 0 Å². The number of likely N-dealkylation sites (tertiary alicyclic amines) is 1. The molecule has 1 aromatic rings. The lowest BCUT2D eigenvalue weighted by Gasteiger charge is -2.35.